The quantitative estimate of drug-likeness (QED) is 0.683. The first kappa shape index (κ1) is 23.1. The van der Waals surface area contributed by atoms with Crippen molar-refractivity contribution >= 4 is 41.8 Å². The summed E-state index contributed by atoms with van der Waals surface area (Å²) in [5, 5.41) is 8.53. The smallest absolute Gasteiger partial charge is 0.255 e. The van der Waals surface area contributed by atoms with Crippen LogP contribution in [-0.4, -0.2) is 45.2 Å². The number of pyridine rings is 1. The van der Waals surface area contributed by atoms with E-state index in [4.69, 9.17) is 0 Å². The molecule has 0 spiro atoms. The van der Waals surface area contributed by atoms with Crippen molar-refractivity contribution in [2.75, 3.05) is 19.6 Å². The molecule has 4 rings (SSSR count). The standard InChI is InChI=1S/C21H25N5O.2ClH/c1-4-15-5-7-16(8-6-15)19-13-22-9-10-26(19)21(27)17-11-14(2)24-20-18(17)12-23-25(20)3;;/h5-8,11-12,19,22H,4,9-10,13H2,1-3H3;2*1H. The third-order valence-electron chi connectivity index (χ3n) is 5.34. The van der Waals surface area contributed by atoms with E-state index in [0.29, 0.717) is 12.1 Å². The second kappa shape index (κ2) is 9.57. The van der Waals surface area contributed by atoms with Gasteiger partial charge in [-0.05, 0) is 30.5 Å². The first-order valence-corrected chi connectivity index (χ1v) is 9.48. The van der Waals surface area contributed by atoms with Crippen molar-refractivity contribution in [3.63, 3.8) is 0 Å². The van der Waals surface area contributed by atoms with E-state index < -0.39 is 0 Å². The Morgan fingerprint density at radius 2 is 1.97 bits per heavy atom. The number of carbonyl (C=O) groups excluding carboxylic acids is 1. The Hall–Kier alpha value is -2.15. The highest BCUT2D eigenvalue weighted by molar-refractivity contribution is 6.05. The minimum atomic E-state index is 0. The number of halogens is 2. The van der Waals surface area contributed by atoms with Crippen molar-refractivity contribution in [1.82, 2.24) is 25.0 Å². The van der Waals surface area contributed by atoms with Crippen molar-refractivity contribution in [2.24, 2.45) is 7.05 Å². The number of piperazine rings is 1. The summed E-state index contributed by atoms with van der Waals surface area (Å²) >= 11 is 0. The molecule has 2 aromatic heterocycles. The molecule has 0 saturated carbocycles. The zero-order valence-electron chi connectivity index (χ0n) is 16.9. The highest BCUT2D eigenvalue weighted by atomic mass is 35.5. The molecule has 1 N–H and O–H groups in total. The summed E-state index contributed by atoms with van der Waals surface area (Å²) in [5.74, 6) is 0.0459. The molecule has 1 unspecified atom stereocenters. The van der Waals surface area contributed by atoms with Crippen molar-refractivity contribution in [2.45, 2.75) is 26.3 Å². The Balaban J connectivity index is 0.00000150. The Morgan fingerprint density at radius 1 is 1.24 bits per heavy atom. The number of fused-ring (bicyclic) bond motifs is 1. The first-order valence-electron chi connectivity index (χ1n) is 9.48. The van der Waals surface area contributed by atoms with Gasteiger partial charge < -0.3 is 10.2 Å². The summed E-state index contributed by atoms with van der Waals surface area (Å²) in [5.41, 5.74) is 4.73. The van der Waals surface area contributed by atoms with Gasteiger partial charge in [0, 0.05) is 32.4 Å². The lowest BCUT2D eigenvalue weighted by molar-refractivity contribution is 0.0636. The van der Waals surface area contributed by atoms with E-state index in [9.17, 15) is 4.79 Å². The lowest BCUT2D eigenvalue weighted by atomic mass is 9.99. The highest BCUT2D eigenvalue weighted by Crippen LogP contribution is 2.27. The van der Waals surface area contributed by atoms with E-state index in [2.05, 4.69) is 46.6 Å². The van der Waals surface area contributed by atoms with Crippen LogP contribution in [0, 0.1) is 6.92 Å². The second-order valence-corrected chi connectivity index (χ2v) is 7.13. The number of nitrogens with one attached hydrogen (secondary N) is 1. The fourth-order valence-electron chi connectivity index (χ4n) is 3.79. The van der Waals surface area contributed by atoms with Gasteiger partial charge in [0.05, 0.1) is 23.2 Å². The second-order valence-electron chi connectivity index (χ2n) is 7.13. The predicted octanol–water partition coefficient (Wildman–Crippen LogP) is 3.47. The molecule has 29 heavy (non-hydrogen) atoms. The van der Waals surface area contributed by atoms with Crippen LogP contribution in [0.5, 0.6) is 0 Å². The fraction of sp³-hybridized carbons (Fsp3) is 0.381. The first-order chi connectivity index (χ1) is 13.1. The van der Waals surface area contributed by atoms with Gasteiger partial charge in [-0.3, -0.25) is 9.48 Å². The van der Waals surface area contributed by atoms with Crippen LogP contribution < -0.4 is 5.32 Å². The Bertz CT molecular complexity index is 987. The summed E-state index contributed by atoms with van der Waals surface area (Å²) < 4.78 is 1.72. The number of carbonyl (C=O) groups is 1. The van der Waals surface area contributed by atoms with Gasteiger partial charge in [0.25, 0.3) is 5.91 Å². The van der Waals surface area contributed by atoms with Gasteiger partial charge in [-0.2, -0.15) is 5.10 Å². The van der Waals surface area contributed by atoms with Crippen LogP contribution in [0.4, 0.5) is 0 Å². The normalized spacial score (nSPS) is 16.2. The van der Waals surface area contributed by atoms with Gasteiger partial charge in [0.2, 0.25) is 0 Å². The zero-order chi connectivity index (χ0) is 19.0. The van der Waals surface area contributed by atoms with Gasteiger partial charge in [0.1, 0.15) is 0 Å². The molecule has 0 aliphatic carbocycles. The molecular weight excluding hydrogens is 409 g/mol. The number of aromatic nitrogens is 3. The predicted molar refractivity (Wildman–Crippen MR) is 120 cm³/mol. The van der Waals surface area contributed by atoms with Crippen LogP contribution >= 0.6 is 24.8 Å². The SMILES string of the molecule is CCc1ccc(C2CNCCN2C(=O)c2cc(C)nc3c2cnn3C)cc1.Cl.Cl. The zero-order valence-corrected chi connectivity index (χ0v) is 18.5. The third-order valence-corrected chi connectivity index (χ3v) is 5.34. The van der Waals surface area contributed by atoms with Crippen LogP contribution in [0.2, 0.25) is 0 Å². The average molecular weight is 436 g/mol. The summed E-state index contributed by atoms with van der Waals surface area (Å²) in [6.07, 6.45) is 2.75. The number of hydrogen-bond acceptors (Lipinski definition) is 4. The van der Waals surface area contributed by atoms with E-state index in [1.54, 1.807) is 10.9 Å². The van der Waals surface area contributed by atoms with Gasteiger partial charge in [-0.1, -0.05) is 31.2 Å². The lowest BCUT2D eigenvalue weighted by Crippen LogP contribution is -2.48. The largest absolute Gasteiger partial charge is 0.329 e. The molecule has 3 aromatic rings. The van der Waals surface area contributed by atoms with Gasteiger partial charge >= 0.3 is 0 Å². The number of aryl methyl sites for hydroxylation is 3. The molecule has 1 aliphatic heterocycles. The number of hydrogen-bond donors (Lipinski definition) is 1. The maximum absolute atomic E-state index is 13.5. The molecule has 6 nitrogen and oxygen atoms in total. The van der Waals surface area contributed by atoms with Crippen LogP contribution in [0.15, 0.2) is 36.5 Å². The minimum absolute atomic E-state index is 0. The Labute approximate surface area is 183 Å². The van der Waals surface area contributed by atoms with Crippen LogP contribution in [0.1, 0.15) is 40.1 Å². The van der Waals surface area contributed by atoms with Crippen molar-refractivity contribution < 1.29 is 4.79 Å². The molecule has 1 aromatic carbocycles. The number of nitrogens with zero attached hydrogens (tertiary/aromatic N) is 4. The molecule has 1 atom stereocenters. The van der Waals surface area contributed by atoms with Crippen LogP contribution in [-0.2, 0) is 13.5 Å². The van der Waals surface area contributed by atoms with Crippen molar-refractivity contribution in [1.29, 1.82) is 0 Å². The van der Waals surface area contributed by atoms with E-state index in [1.165, 1.54) is 11.1 Å². The molecule has 0 bridgehead atoms. The van der Waals surface area contributed by atoms with Crippen molar-refractivity contribution in [3.05, 3.63) is 58.9 Å². The molecule has 0 radical (unpaired) electrons. The van der Waals surface area contributed by atoms with Gasteiger partial charge in [0.15, 0.2) is 5.65 Å². The number of rotatable bonds is 3. The van der Waals surface area contributed by atoms with Gasteiger partial charge in [-0.25, -0.2) is 4.98 Å². The Morgan fingerprint density at radius 3 is 2.66 bits per heavy atom. The van der Waals surface area contributed by atoms with E-state index in [-0.39, 0.29) is 36.8 Å². The summed E-state index contributed by atoms with van der Waals surface area (Å²) in [7, 11) is 1.85. The molecular formula is C21H27Cl2N5O. The van der Waals surface area contributed by atoms with Crippen LogP contribution in [0.3, 0.4) is 0 Å². The fourth-order valence-corrected chi connectivity index (χ4v) is 3.79. The van der Waals surface area contributed by atoms with Crippen molar-refractivity contribution in [3.8, 4) is 0 Å². The average Bonchev–Trinajstić information content (AvgIpc) is 3.07. The molecule has 1 fully saturated rings. The molecule has 1 amide bonds. The summed E-state index contributed by atoms with van der Waals surface area (Å²) in [6.45, 7) is 6.31. The maximum atomic E-state index is 13.5. The van der Waals surface area contributed by atoms with Crippen LogP contribution in [0.25, 0.3) is 11.0 Å². The van der Waals surface area contributed by atoms with E-state index in [1.807, 2.05) is 24.9 Å². The topological polar surface area (TPSA) is 63.1 Å². The number of benzene rings is 1. The third kappa shape index (κ3) is 4.39. The maximum Gasteiger partial charge on any atom is 0.255 e. The highest BCUT2D eigenvalue weighted by Gasteiger charge is 2.30. The molecule has 156 valence electrons. The monoisotopic (exact) mass is 435 g/mol. The summed E-state index contributed by atoms with van der Waals surface area (Å²) in [4.78, 5) is 20.0. The summed E-state index contributed by atoms with van der Waals surface area (Å²) in [6, 6.07) is 10.5. The Kier molecular flexibility index (Phi) is 7.63. The van der Waals surface area contributed by atoms with E-state index >= 15 is 0 Å². The van der Waals surface area contributed by atoms with Gasteiger partial charge in [-0.15, -0.1) is 24.8 Å². The molecule has 1 aliphatic rings. The number of amides is 1. The minimum Gasteiger partial charge on any atom is -0.329 e. The van der Waals surface area contributed by atoms with E-state index in [0.717, 1.165) is 36.2 Å². The lowest BCUT2D eigenvalue weighted by Gasteiger charge is -2.37. The molecule has 3 heterocycles. The molecule has 1 saturated heterocycles. The molecule has 8 heteroatoms.